The van der Waals surface area contributed by atoms with Gasteiger partial charge < -0.3 is 10.1 Å². The molecule has 0 amide bonds. The Morgan fingerprint density at radius 3 is 2.44 bits per heavy atom. The normalized spacial score (nSPS) is 10.5. The average molecular weight is 364 g/mol. The second-order valence-corrected chi connectivity index (χ2v) is 6.32. The van der Waals surface area contributed by atoms with E-state index in [1.165, 1.54) is 6.33 Å². The van der Waals surface area contributed by atoms with E-state index in [4.69, 9.17) is 4.74 Å². The number of hydrogen-bond donors (Lipinski definition) is 1. The summed E-state index contributed by atoms with van der Waals surface area (Å²) in [7, 11) is 0. The van der Waals surface area contributed by atoms with Gasteiger partial charge in [-0.15, -0.1) is 0 Å². The molecule has 1 heterocycles. The highest BCUT2D eigenvalue weighted by molar-refractivity contribution is 5.62. The van der Waals surface area contributed by atoms with Gasteiger partial charge in [-0.25, -0.2) is 4.98 Å². The van der Waals surface area contributed by atoms with Gasteiger partial charge in [0.05, 0.1) is 4.92 Å². The molecule has 3 aromatic rings. The first-order valence-corrected chi connectivity index (χ1v) is 8.48. The third-order valence-corrected chi connectivity index (χ3v) is 4.24. The van der Waals surface area contributed by atoms with Crippen LogP contribution in [0.2, 0.25) is 0 Å². The lowest BCUT2D eigenvalue weighted by Crippen LogP contribution is -2.07. The van der Waals surface area contributed by atoms with Crippen molar-refractivity contribution >= 4 is 11.5 Å². The molecule has 0 unspecified atom stereocenters. The Morgan fingerprint density at radius 2 is 1.78 bits per heavy atom. The van der Waals surface area contributed by atoms with Gasteiger partial charge >= 0.3 is 11.6 Å². The highest BCUT2D eigenvalue weighted by atomic mass is 16.6. The van der Waals surface area contributed by atoms with E-state index in [0.29, 0.717) is 12.3 Å². The summed E-state index contributed by atoms with van der Waals surface area (Å²) in [5.74, 6) is 0.517. The smallest absolute Gasteiger partial charge is 0.373 e. The fourth-order valence-corrected chi connectivity index (χ4v) is 2.51. The monoisotopic (exact) mass is 364 g/mol. The second kappa shape index (κ2) is 7.82. The number of aryl methyl sites for hydroxylation is 3. The summed E-state index contributed by atoms with van der Waals surface area (Å²) < 4.78 is 5.68. The minimum Gasteiger partial charge on any atom is -0.434 e. The van der Waals surface area contributed by atoms with E-state index in [9.17, 15) is 10.1 Å². The summed E-state index contributed by atoms with van der Waals surface area (Å²) in [5, 5.41) is 14.6. The Hall–Kier alpha value is -3.48. The van der Waals surface area contributed by atoms with Crippen LogP contribution >= 0.6 is 0 Å². The first kappa shape index (κ1) is 18.3. The van der Waals surface area contributed by atoms with Crippen molar-refractivity contribution in [3.05, 3.63) is 81.2 Å². The maximum atomic E-state index is 11.6. The van der Waals surface area contributed by atoms with E-state index in [1.54, 1.807) is 6.07 Å². The van der Waals surface area contributed by atoms with Gasteiger partial charge in [-0.2, -0.15) is 4.98 Å². The highest BCUT2D eigenvalue weighted by Crippen LogP contribution is 2.34. The molecule has 0 aliphatic heterocycles. The zero-order valence-corrected chi connectivity index (χ0v) is 15.4. The molecule has 7 heteroatoms. The van der Waals surface area contributed by atoms with Crippen molar-refractivity contribution in [2.24, 2.45) is 0 Å². The molecule has 0 spiro atoms. The molecular formula is C20H20N4O3. The van der Waals surface area contributed by atoms with E-state index in [1.807, 2.05) is 57.2 Å². The predicted molar refractivity (Wildman–Crippen MR) is 103 cm³/mol. The molecule has 0 saturated heterocycles. The van der Waals surface area contributed by atoms with Crippen LogP contribution in [0.25, 0.3) is 0 Å². The summed E-state index contributed by atoms with van der Waals surface area (Å²) in [6.45, 7) is 6.34. The summed E-state index contributed by atoms with van der Waals surface area (Å²) >= 11 is 0. The predicted octanol–water partition coefficient (Wildman–Crippen LogP) is 4.71. The van der Waals surface area contributed by atoms with Crippen LogP contribution in [0.15, 0.2) is 48.8 Å². The van der Waals surface area contributed by atoms with Gasteiger partial charge in [-0.1, -0.05) is 35.9 Å². The number of hydrogen-bond acceptors (Lipinski definition) is 6. The topological polar surface area (TPSA) is 90.2 Å². The Kier molecular flexibility index (Phi) is 5.30. The zero-order valence-electron chi connectivity index (χ0n) is 15.4. The SMILES string of the molecule is Cc1ccc(CNc2ncnc(Oc3ccc(C)c(C)c3)c2[N+](=O)[O-])cc1. The van der Waals surface area contributed by atoms with Crippen LogP contribution in [0, 0.1) is 30.9 Å². The number of nitrogens with zero attached hydrogens (tertiary/aromatic N) is 3. The maximum absolute atomic E-state index is 11.6. The third-order valence-electron chi connectivity index (χ3n) is 4.24. The molecule has 0 bridgehead atoms. The van der Waals surface area contributed by atoms with Gasteiger partial charge in [0, 0.05) is 6.54 Å². The van der Waals surface area contributed by atoms with Crippen molar-refractivity contribution in [3.63, 3.8) is 0 Å². The Morgan fingerprint density at radius 1 is 1.04 bits per heavy atom. The minimum absolute atomic E-state index is 0.0929. The third kappa shape index (κ3) is 4.38. The van der Waals surface area contributed by atoms with Crippen LogP contribution in [-0.2, 0) is 6.54 Å². The molecular weight excluding hydrogens is 344 g/mol. The van der Waals surface area contributed by atoms with Crippen LogP contribution in [0.5, 0.6) is 11.6 Å². The molecule has 1 N–H and O–H groups in total. The molecule has 0 saturated carbocycles. The molecule has 7 nitrogen and oxygen atoms in total. The quantitative estimate of drug-likeness (QED) is 0.503. The molecule has 3 rings (SSSR count). The molecule has 0 radical (unpaired) electrons. The number of rotatable bonds is 6. The van der Waals surface area contributed by atoms with Gasteiger partial charge in [0.1, 0.15) is 12.1 Å². The standard InChI is InChI=1S/C20H20N4O3/c1-13-4-7-16(8-5-13)11-21-19-18(24(25)26)20(23-12-22-19)27-17-9-6-14(2)15(3)10-17/h4-10,12H,11H2,1-3H3,(H,21,22,23). The summed E-state index contributed by atoms with van der Waals surface area (Å²) in [6, 6.07) is 13.4. The van der Waals surface area contributed by atoms with Crippen LogP contribution in [0.4, 0.5) is 11.5 Å². The second-order valence-electron chi connectivity index (χ2n) is 6.32. The Bertz CT molecular complexity index is 971. The number of anilines is 1. The minimum atomic E-state index is -0.534. The lowest BCUT2D eigenvalue weighted by molar-refractivity contribution is -0.385. The van der Waals surface area contributed by atoms with Crippen molar-refractivity contribution in [2.45, 2.75) is 27.3 Å². The molecule has 1 aromatic heterocycles. The molecule has 2 aromatic carbocycles. The van der Waals surface area contributed by atoms with E-state index in [0.717, 1.165) is 22.3 Å². The lowest BCUT2D eigenvalue weighted by atomic mass is 10.1. The van der Waals surface area contributed by atoms with Crippen LogP contribution in [0.3, 0.4) is 0 Å². The van der Waals surface area contributed by atoms with E-state index >= 15 is 0 Å². The summed E-state index contributed by atoms with van der Waals surface area (Å²) in [5.41, 5.74) is 3.99. The van der Waals surface area contributed by atoms with Gasteiger partial charge in [0.2, 0.25) is 5.82 Å². The largest absolute Gasteiger partial charge is 0.434 e. The number of benzene rings is 2. The maximum Gasteiger partial charge on any atom is 0.373 e. The van der Waals surface area contributed by atoms with Crippen molar-refractivity contribution < 1.29 is 9.66 Å². The van der Waals surface area contributed by atoms with E-state index in [2.05, 4.69) is 15.3 Å². The van der Waals surface area contributed by atoms with E-state index < -0.39 is 4.92 Å². The van der Waals surface area contributed by atoms with Crippen LogP contribution in [0.1, 0.15) is 22.3 Å². The van der Waals surface area contributed by atoms with Crippen LogP contribution in [-0.4, -0.2) is 14.9 Å². The first-order valence-electron chi connectivity index (χ1n) is 8.48. The highest BCUT2D eigenvalue weighted by Gasteiger charge is 2.25. The Labute approximate surface area is 157 Å². The first-order chi connectivity index (χ1) is 12.9. The van der Waals surface area contributed by atoms with Gasteiger partial charge in [-0.3, -0.25) is 10.1 Å². The molecule has 138 valence electrons. The van der Waals surface area contributed by atoms with Crippen LogP contribution < -0.4 is 10.1 Å². The fourth-order valence-electron chi connectivity index (χ4n) is 2.51. The van der Waals surface area contributed by atoms with Crippen molar-refractivity contribution in [2.75, 3.05) is 5.32 Å². The molecule has 0 aliphatic rings. The molecule has 0 fully saturated rings. The fraction of sp³-hybridized carbons (Fsp3) is 0.200. The van der Waals surface area contributed by atoms with Gasteiger partial charge in [0.25, 0.3) is 0 Å². The van der Waals surface area contributed by atoms with Gasteiger partial charge in [0.15, 0.2) is 0 Å². The number of nitrogens with one attached hydrogen (secondary N) is 1. The zero-order chi connectivity index (χ0) is 19.4. The average Bonchev–Trinajstić information content (AvgIpc) is 2.64. The summed E-state index contributed by atoms with van der Waals surface area (Å²) in [4.78, 5) is 19.1. The summed E-state index contributed by atoms with van der Waals surface area (Å²) in [6.07, 6.45) is 1.25. The molecule has 0 atom stereocenters. The molecule has 27 heavy (non-hydrogen) atoms. The van der Waals surface area contributed by atoms with Crippen molar-refractivity contribution in [3.8, 4) is 11.6 Å². The van der Waals surface area contributed by atoms with Crippen molar-refractivity contribution in [1.82, 2.24) is 9.97 Å². The number of ether oxygens (including phenoxy) is 1. The number of aromatic nitrogens is 2. The van der Waals surface area contributed by atoms with Gasteiger partial charge in [-0.05, 0) is 49.6 Å². The lowest BCUT2D eigenvalue weighted by Gasteiger charge is -2.10. The molecule has 0 aliphatic carbocycles. The van der Waals surface area contributed by atoms with Crippen molar-refractivity contribution in [1.29, 1.82) is 0 Å². The van der Waals surface area contributed by atoms with E-state index in [-0.39, 0.29) is 17.4 Å². The number of nitro groups is 1. The Balaban J connectivity index is 1.86.